The van der Waals surface area contributed by atoms with Gasteiger partial charge < -0.3 is 9.30 Å². The van der Waals surface area contributed by atoms with Crippen LogP contribution in [-0.2, 0) is 18.2 Å². The Labute approximate surface area is 164 Å². The van der Waals surface area contributed by atoms with Crippen molar-refractivity contribution >= 4 is 16.8 Å². The molecule has 4 rings (SSSR count). The molecule has 0 aliphatic heterocycles. The van der Waals surface area contributed by atoms with Crippen LogP contribution >= 0.6 is 0 Å². The molecule has 0 amide bonds. The first-order chi connectivity index (χ1) is 13.4. The molecule has 1 aromatic heterocycles. The van der Waals surface area contributed by atoms with Gasteiger partial charge >= 0.3 is 0 Å². The van der Waals surface area contributed by atoms with Crippen LogP contribution in [0.25, 0.3) is 11.0 Å². The molecule has 0 radical (unpaired) electrons. The van der Waals surface area contributed by atoms with Crippen molar-refractivity contribution in [1.82, 2.24) is 9.55 Å². The summed E-state index contributed by atoms with van der Waals surface area (Å²) in [5.74, 6) is -0.00944. The lowest BCUT2D eigenvalue weighted by atomic mass is 9.93. The smallest absolute Gasteiger partial charge is 0.188 e. The fraction of sp³-hybridized carbons (Fsp3) is 0.391. The van der Waals surface area contributed by atoms with E-state index in [4.69, 9.17) is 4.74 Å². The van der Waals surface area contributed by atoms with E-state index in [1.54, 1.807) is 24.0 Å². The van der Waals surface area contributed by atoms with Gasteiger partial charge in [0.2, 0.25) is 0 Å². The highest BCUT2D eigenvalue weighted by Crippen LogP contribution is 2.30. The van der Waals surface area contributed by atoms with Gasteiger partial charge in [0.25, 0.3) is 0 Å². The SMILES string of the molecule is Cc1ccc(Cc2c(C(=O)COCC3CC3)cc3c(ncn3C)c2F)c(C)c1. The number of nitrogens with zero attached hydrogens (tertiary/aromatic N) is 2. The molecule has 1 fully saturated rings. The van der Waals surface area contributed by atoms with Crippen molar-refractivity contribution in [2.45, 2.75) is 33.1 Å². The highest BCUT2D eigenvalue weighted by molar-refractivity contribution is 6.01. The molecule has 5 heteroatoms. The van der Waals surface area contributed by atoms with Crippen molar-refractivity contribution in [3.8, 4) is 0 Å². The van der Waals surface area contributed by atoms with Crippen LogP contribution in [-0.4, -0.2) is 28.5 Å². The zero-order valence-corrected chi connectivity index (χ0v) is 16.6. The van der Waals surface area contributed by atoms with Gasteiger partial charge in [0.1, 0.15) is 12.1 Å². The standard InChI is InChI=1S/C23H25FN2O2/c1-14-4-7-17(15(2)8-14)9-19-18(21(27)12-28-11-16-5-6-16)10-20-23(22(19)24)25-13-26(20)3/h4,7-8,10,13,16H,5-6,9,11-12H2,1-3H3. The third-order valence-corrected chi connectivity index (χ3v) is 5.51. The summed E-state index contributed by atoms with van der Waals surface area (Å²) in [6, 6.07) is 7.85. The van der Waals surface area contributed by atoms with Crippen LogP contribution in [0.3, 0.4) is 0 Å². The summed E-state index contributed by atoms with van der Waals surface area (Å²) in [5, 5.41) is 0. The molecule has 0 spiro atoms. The minimum atomic E-state index is -0.413. The number of rotatable bonds is 7. The number of fused-ring (bicyclic) bond motifs is 1. The van der Waals surface area contributed by atoms with Gasteiger partial charge in [0, 0.05) is 24.6 Å². The number of imidazole rings is 1. The minimum Gasteiger partial charge on any atom is -0.373 e. The van der Waals surface area contributed by atoms with Crippen molar-refractivity contribution in [3.63, 3.8) is 0 Å². The highest BCUT2D eigenvalue weighted by Gasteiger charge is 2.24. The Morgan fingerprint density at radius 2 is 2.07 bits per heavy atom. The Morgan fingerprint density at radius 1 is 1.29 bits per heavy atom. The van der Waals surface area contributed by atoms with Gasteiger partial charge in [-0.1, -0.05) is 23.8 Å². The van der Waals surface area contributed by atoms with Gasteiger partial charge in [-0.05, 0) is 49.8 Å². The number of Topliss-reactive ketones (excluding diaryl/α,β-unsaturated/α-hetero) is 1. The van der Waals surface area contributed by atoms with Crippen molar-refractivity contribution in [1.29, 1.82) is 0 Å². The van der Waals surface area contributed by atoms with Gasteiger partial charge in [-0.2, -0.15) is 0 Å². The van der Waals surface area contributed by atoms with Crippen molar-refractivity contribution in [3.05, 3.63) is 64.2 Å². The fourth-order valence-corrected chi connectivity index (χ4v) is 3.60. The topological polar surface area (TPSA) is 44.1 Å². The number of carbonyl (C=O) groups excluding carboxylic acids is 1. The van der Waals surface area contributed by atoms with Gasteiger partial charge in [0.15, 0.2) is 11.6 Å². The maximum Gasteiger partial charge on any atom is 0.188 e. The zero-order valence-electron chi connectivity index (χ0n) is 16.6. The maximum atomic E-state index is 15.4. The van der Waals surface area contributed by atoms with Crippen LogP contribution in [0.2, 0.25) is 0 Å². The molecule has 0 saturated heterocycles. The van der Waals surface area contributed by atoms with E-state index in [9.17, 15) is 4.79 Å². The third-order valence-electron chi connectivity index (χ3n) is 5.51. The maximum absolute atomic E-state index is 15.4. The van der Waals surface area contributed by atoms with Crippen LogP contribution in [0.15, 0.2) is 30.6 Å². The molecule has 146 valence electrons. The molecule has 28 heavy (non-hydrogen) atoms. The molecular weight excluding hydrogens is 355 g/mol. The molecular formula is C23H25FN2O2. The molecule has 1 aliphatic carbocycles. The summed E-state index contributed by atoms with van der Waals surface area (Å²) in [6.45, 7) is 4.64. The summed E-state index contributed by atoms with van der Waals surface area (Å²) in [4.78, 5) is 17.1. The average molecular weight is 380 g/mol. The minimum absolute atomic E-state index is 0.0147. The number of aryl methyl sites for hydroxylation is 3. The molecule has 1 heterocycles. The number of benzene rings is 2. The molecule has 1 saturated carbocycles. The number of hydrogen-bond acceptors (Lipinski definition) is 3. The van der Waals surface area contributed by atoms with Crippen molar-refractivity contribution in [2.75, 3.05) is 13.2 Å². The van der Waals surface area contributed by atoms with E-state index in [-0.39, 0.29) is 12.4 Å². The molecule has 3 aromatic rings. The molecule has 0 unspecified atom stereocenters. The lowest BCUT2D eigenvalue weighted by molar-refractivity contribution is 0.0738. The first-order valence-corrected chi connectivity index (χ1v) is 9.73. The Bertz CT molecular complexity index is 1050. The van der Waals surface area contributed by atoms with Gasteiger partial charge in [-0.3, -0.25) is 4.79 Å². The third kappa shape index (κ3) is 3.72. The van der Waals surface area contributed by atoms with Crippen molar-refractivity contribution in [2.24, 2.45) is 13.0 Å². The fourth-order valence-electron chi connectivity index (χ4n) is 3.60. The van der Waals surface area contributed by atoms with E-state index in [2.05, 4.69) is 11.1 Å². The summed E-state index contributed by atoms with van der Waals surface area (Å²) >= 11 is 0. The second-order valence-electron chi connectivity index (χ2n) is 7.93. The molecule has 2 aromatic carbocycles. The number of carbonyl (C=O) groups is 1. The molecule has 0 N–H and O–H groups in total. The van der Waals surface area contributed by atoms with Crippen LogP contribution in [0, 0.1) is 25.6 Å². The van der Waals surface area contributed by atoms with Crippen LogP contribution in [0.1, 0.15) is 45.5 Å². The Hall–Kier alpha value is -2.53. The Balaban J connectivity index is 1.73. The van der Waals surface area contributed by atoms with Crippen molar-refractivity contribution < 1.29 is 13.9 Å². The van der Waals surface area contributed by atoms with E-state index in [0.29, 0.717) is 41.1 Å². The first-order valence-electron chi connectivity index (χ1n) is 9.73. The van der Waals surface area contributed by atoms with Crippen LogP contribution < -0.4 is 0 Å². The van der Waals surface area contributed by atoms with E-state index >= 15 is 4.39 Å². The Morgan fingerprint density at radius 3 is 2.79 bits per heavy atom. The zero-order chi connectivity index (χ0) is 19.8. The molecule has 0 atom stereocenters. The molecule has 4 nitrogen and oxygen atoms in total. The van der Waals surface area contributed by atoms with Crippen LogP contribution in [0.4, 0.5) is 4.39 Å². The monoisotopic (exact) mass is 380 g/mol. The van der Waals surface area contributed by atoms with E-state index in [1.165, 1.54) is 12.8 Å². The lowest BCUT2D eigenvalue weighted by Crippen LogP contribution is -2.15. The largest absolute Gasteiger partial charge is 0.373 e. The Kier molecular flexibility index (Phi) is 5.02. The predicted octanol–water partition coefficient (Wildman–Crippen LogP) is 4.53. The van der Waals surface area contributed by atoms with Gasteiger partial charge in [-0.15, -0.1) is 0 Å². The second-order valence-corrected chi connectivity index (χ2v) is 7.93. The lowest BCUT2D eigenvalue weighted by Gasteiger charge is -2.14. The highest BCUT2D eigenvalue weighted by atomic mass is 19.1. The van der Waals surface area contributed by atoms with E-state index in [1.807, 2.05) is 26.0 Å². The summed E-state index contributed by atoms with van der Waals surface area (Å²) in [7, 11) is 1.80. The normalized spacial score (nSPS) is 14.0. The molecule has 0 bridgehead atoms. The summed E-state index contributed by atoms with van der Waals surface area (Å²) in [6.07, 6.45) is 4.27. The number of halogens is 1. The number of hydrogen-bond donors (Lipinski definition) is 0. The quantitative estimate of drug-likeness (QED) is 0.566. The molecule has 1 aliphatic rings. The second kappa shape index (κ2) is 7.47. The summed E-state index contributed by atoms with van der Waals surface area (Å²) < 4.78 is 22.7. The van der Waals surface area contributed by atoms with E-state index in [0.717, 1.165) is 16.7 Å². The van der Waals surface area contributed by atoms with Gasteiger partial charge in [-0.25, -0.2) is 9.37 Å². The van der Waals surface area contributed by atoms with Crippen LogP contribution in [0.5, 0.6) is 0 Å². The predicted molar refractivity (Wildman–Crippen MR) is 107 cm³/mol. The van der Waals surface area contributed by atoms with Gasteiger partial charge in [0.05, 0.1) is 18.5 Å². The summed E-state index contributed by atoms with van der Waals surface area (Å²) in [5.41, 5.74) is 4.97. The van der Waals surface area contributed by atoms with E-state index < -0.39 is 5.82 Å². The number of aromatic nitrogens is 2. The number of ketones is 1. The average Bonchev–Trinajstić information content (AvgIpc) is 3.40. The number of ether oxygens (including phenoxy) is 1. The first kappa shape index (κ1) is 18.8.